The monoisotopic (exact) mass is 371 g/mol. The smallest absolute Gasteiger partial charge is 0.307 e. The first-order valence-corrected chi connectivity index (χ1v) is 9.92. The van der Waals surface area contributed by atoms with Crippen LogP contribution in [-0.4, -0.2) is 59.2 Å². The van der Waals surface area contributed by atoms with Gasteiger partial charge in [-0.15, -0.1) is 0 Å². The number of hydrogen-bond donors (Lipinski definition) is 1. The number of rotatable bonds is 9. The predicted octanol–water partition coefficient (Wildman–Crippen LogP) is 1.94. The van der Waals surface area contributed by atoms with Gasteiger partial charge in [0.05, 0.1) is 51.7 Å². The Hall–Kier alpha value is -1.44. The summed E-state index contributed by atoms with van der Waals surface area (Å²) in [4.78, 5) is 12.2. The number of aryl methyl sites for hydroxylation is 1. The number of ether oxygens (including phenoxy) is 1. The van der Waals surface area contributed by atoms with Gasteiger partial charge in [-0.3, -0.25) is 4.79 Å². The summed E-state index contributed by atoms with van der Waals surface area (Å²) in [5.41, 5.74) is 0.985. The highest BCUT2D eigenvalue weighted by Crippen LogP contribution is 2.13. The van der Waals surface area contributed by atoms with E-state index >= 15 is 0 Å². The number of sulfonamides is 1. The quantitative estimate of drug-likeness (QED) is 0.532. The van der Waals surface area contributed by atoms with Crippen molar-refractivity contribution in [3.8, 4) is 0 Å². The number of carbonyl (C=O) groups excluding carboxylic acids is 1. The van der Waals surface area contributed by atoms with E-state index in [9.17, 15) is 13.2 Å². The SMILES string of the molecule is Cc1ccc(S(=O)(=O)N[C@H](CC(=O)OCC(C)C)C[N+](C)(C)C)cc1. The zero-order chi connectivity index (χ0) is 19.3. The maximum atomic E-state index is 12.6. The van der Waals surface area contributed by atoms with E-state index in [0.29, 0.717) is 17.6 Å². The molecule has 0 aromatic heterocycles. The zero-order valence-electron chi connectivity index (χ0n) is 16.1. The van der Waals surface area contributed by atoms with E-state index in [2.05, 4.69) is 4.72 Å². The largest absolute Gasteiger partial charge is 0.465 e. The average Bonchev–Trinajstić information content (AvgIpc) is 2.43. The number of quaternary nitrogens is 1. The van der Waals surface area contributed by atoms with Crippen LogP contribution in [0.4, 0.5) is 0 Å². The van der Waals surface area contributed by atoms with Crippen LogP contribution in [0.2, 0.25) is 0 Å². The molecule has 0 bridgehead atoms. The maximum Gasteiger partial charge on any atom is 0.307 e. The second kappa shape index (κ2) is 8.78. The second-order valence-corrected chi connectivity index (χ2v) is 9.60. The molecule has 0 aliphatic carbocycles. The van der Waals surface area contributed by atoms with Crippen LogP contribution in [0, 0.1) is 12.8 Å². The molecule has 7 heteroatoms. The van der Waals surface area contributed by atoms with E-state index in [-0.39, 0.29) is 17.2 Å². The van der Waals surface area contributed by atoms with Gasteiger partial charge in [0.25, 0.3) is 0 Å². The van der Waals surface area contributed by atoms with Crippen LogP contribution in [0.15, 0.2) is 29.2 Å². The van der Waals surface area contributed by atoms with Crippen LogP contribution >= 0.6 is 0 Å². The molecule has 0 spiro atoms. The van der Waals surface area contributed by atoms with Crippen molar-refractivity contribution < 1.29 is 22.4 Å². The molecule has 1 aromatic rings. The van der Waals surface area contributed by atoms with Crippen LogP contribution in [0.25, 0.3) is 0 Å². The molecule has 0 saturated carbocycles. The number of hydrogen-bond acceptors (Lipinski definition) is 4. The lowest BCUT2D eigenvalue weighted by atomic mass is 10.2. The molecule has 0 aliphatic rings. The van der Waals surface area contributed by atoms with Crippen LogP contribution in [-0.2, 0) is 19.6 Å². The van der Waals surface area contributed by atoms with E-state index < -0.39 is 22.0 Å². The first kappa shape index (κ1) is 21.6. The second-order valence-electron chi connectivity index (χ2n) is 7.89. The number of esters is 1. The van der Waals surface area contributed by atoms with Gasteiger partial charge in [-0.05, 0) is 25.0 Å². The van der Waals surface area contributed by atoms with Crippen molar-refractivity contribution in [1.82, 2.24) is 4.72 Å². The van der Waals surface area contributed by atoms with Crippen molar-refractivity contribution >= 4 is 16.0 Å². The van der Waals surface area contributed by atoms with Crippen LogP contribution < -0.4 is 4.72 Å². The lowest BCUT2D eigenvalue weighted by Crippen LogP contribution is -2.49. The Balaban J connectivity index is 2.88. The molecule has 25 heavy (non-hydrogen) atoms. The van der Waals surface area contributed by atoms with Crippen molar-refractivity contribution in [2.45, 2.75) is 38.1 Å². The summed E-state index contributed by atoms with van der Waals surface area (Å²) in [5, 5.41) is 0. The molecule has 0 amide bonds. The van der Waals surface area contributed by atoms with Crippen LogP contribution in [0.1, 0.15) is 25.8 Å². The van der Waals surface area contributed by atoms with Gasteiger partial charge in [0.15, 0.2) is 0 Å². The lowest BCUT2D eigenvalue weighted by molar-refractivity contribution is -0.871. The highest BCUT2D eigenvalue weighted by atomic mass is 32.2. The number of carbonyl (C=O) groups is 1. The Morgan fingerprint density at radius 3 is 2.20 bits per heavy atom. The molecular formula is C18H31N2O4S+. The van der Waals surface area contributed by atoms with Gasteiger partial charge in [0.1, 0.15) is 0 Å². The molecule has 1 aromatic carbocycles. The van der Waals surface area contributed by atoms with Crippen molar-refractivity contribution in [1.29, 1.82) is 0 Å². The number of benzene rings is 1. The van der Waals surface area contributed by atoms with E-state index in [4.69, 9.17) is 4.74 Å². The van der Waals surface area contributed by atoms with Gasteiger partial charge in [0.2, 0.25) is 10.0 Å². The van der Waals surface area contributed by atoms with E-state index in [1.165, 1.54) is 0 Å². The summed E-state index contributed by atoms with van der Waals surface area (Å²) in [6.07, 6.45) is 0.00727. The van der Waals surface area contributed by atoms with Crippen molar-refractivity contribution in [3.63, 3.8) is 0 Å². The first-order valence-electron chi connectivity index (χ1n) is 8.44. The minimum Gasteiger partial charge on any atom is -0.465 e. The van der Waals surface area contributed by atoms with Crippen LogP contribution in [0.3, 0.4) is 0 Å². The minimum absolute atomic E-state index is 0.00727. The summed E-state index contributed by atoms with van der Waals surface area (Å²) in [5.74, 6) is -0.149. The number of nitrogens with zero attached hydrogens (tertiary/aromatic N) is 1. The molecule has 0 aliphatic heterocycles. The molecule has 6 nitrogen and oxygen atoms in total. The van der Waals surface area contributed by atoms with E-state index in [1.807, 2.05) is 41.9 Å². The van der Waals surface area contributed by atoms with Crippen LogP contribution in [0.5, 0.6) is 0 Å². The fourth-order valence-electron chi connectivity index (χ4n) is 2.33. The Bertz CT molecular complexity index is 661. The Morgan fingerprint density at radius 1 is 1.16 bits per heavy atom. The molecule has 1 N–H and O–H groups in total. The highest BCUT2D eigenvalue weighted by molar-refractivity contribution is 7.89. The molecule has 0 saturated heterocycles. The fourth-order valence-corrected chi connectivity index (χ4v) is 3.56. The zero-order valence-corrected chi connectivity index (χ0v) is 16.9. The van der Waals surface area contributed by atoms with Crippen molar-refractivity contribution in [3.05, 3.63) is 29.8 Å². The number of nitrogens with one attached hydrogen (secondary N) is 1. The Labute approximate surface area is 151 Å². The third-order valence-electron chi connectivity index (χ3n) is 3.41. The summed E-state index contributed by atoms with van der Waals surface area (Å²) in [6.45, 7) is 6.62. The predicted molar refractivity (Wildman–Crippen MR) is 98.6 cm³/mol. The average molecular weight is 372 g/mol. The summed E-state index contributed by atoms with van der Waals surface area (Å²) < 4.78 is 33.6. The molecule has 0 fully saturated rings. The minimum atomic E-state index is -3.69. The molecule has 1 atom stereocenters. The summed E-state index contributed by atoms with van der Waals surface area (Å²) in [7, 11) is 2.16. The van der Waals surface area contributed by atoms with E-state index in [0.717, 1.165) is 5.56 Å². The van der Waals surface area contributed by atoms with Gasteiger partial charge >= 0.3 is 5.97 Å². The molecule has 0 radical (unpaired) electrons. The topological polar surface area (TPSA) is 72.5 Å². The Morgan fingerprint density at radius 2 is 1.72 bits per heavy atom. The van der Waals surface area contributed by atoms with Gasteiger partial charge in [-0.25, -0.2) is 13.1 Å². The molecular weight excluding hydrogens is 340 g/mol. The van der Waals surface area contributed by atoms with Crippen molar-refractivity contribution in [2.24, 2.45) is 5.92 Å². The van der Waals surface area contributed by atoms with E-state index in [1.54, 1.807) is 24.3 Å². The third kappa shape index (κ3) is 8.47. The molecule has 142 valence electrons. The van der Waals surface area contributed by atoms with Gasteiger partial charge in [-0.1, -0.05) is 31.5 Å². The maximum absolute atomic E-state index is 12.6. The first-order chi connectivity index (χ1) is 11.4. The van der Waals surface area contributed by atoms with Gasteiger partial charge in [-0.2, -0.15) is 0 Å². The summed E-state index contributed by atoms with van der Waals surface area (Å²) in [6, 6.07) is 6.10. The normalized spacial score (nSPS) is 13.7. The fraction of sp³-hybridized carbons (Fsp3) is 0.611. The molecule has 0 unspecified atom stereocenters. The molecule has 1 rings (SSSR count). The summed E-state index contributed by atoms with van der Waals surface area (Å²) >= 11 is 0. The van der Waals surface area contributed by atoms with Gasteiger partial charge < -0.3 is 9.22 Å². The third-order valence-corrected chi connectivity index (χ3v) is 4.95. The Kier molecular flexibility index (Phi) is 7.59. The van der Waals surface area contributed by atoms with Gasteiger partial charge in [0, 0.05) is 0 Å². The highest BCUT2D eigenvalue weighted by Gasteiger charge is 2.27. The standard InChI is InChI=1S/C18H31N2O4S/c1-14(2)13-24-18(21)11-16(12-20(4,5)6)19-25(22,23)17-9-7-15(3)8-10-17/h7-10,14,16,19H,11-13H2,1-6H3/q+1/t16-/m1/s1. The van der Waals surface area contributed by atoms with Crippen molar-refractivity contribution in [2.75, 3.05) is 34.3 Å². The molecule has 0 heterocycles. The lowest BCUT2D eigenvalue weighted by Gasteiger charge is -2.29. The number of likely N-dealkylation sites (N-methyl/N-ethyl adjacent to an activating group) is 1.